The lowest BCUT2D eigenvalue weighted by atomic mass is 9.79. The number of hydrogen-bond donors (Lipinski definition) is 3. The summed E-state index contributed by atoms with van der Waals surface area (Å²) in [6.45, 7) is 6.28. The Labute approximate surface area is 115 Å². The summed E-state index contributed by atoms with van der Waals surface area (Å²) in [6, 6.07) is 0.454. The second-order valence-corrected chi connectivity index (χ2v) is 6.78. The molecule has 0 radical (unpaired) electrons. The number of rotatable bonds is 6. The predicted molar refractivity (Wildman–Crippen MR) is 74.9 cm³/mol. The van der Waals surface area contributed by atoms with Crippen molar-refractivity contribution in [3.63, 3.8) is 0 Å². The zero-order valence-electron chi connectivity index (χ0n) is 12.3. The summed E-state index contributed by atoms with van der Waals surface area (Å²) in [5.41, 5.74) is -0.790. The van der Waals surface area contributed by atoms with Crippen LogP contribution in [-0.2, 0) is 4.79 Å². The Morgan fingerprint density at radius 2 is 2.05 bits per heavy atom. The number of nitrogens with one attached hydrogen (secondary N) is 2. The SMILES string of the molecule is CNC1CN(C(=O)CC(C)(C)NCC2(O)CCC2)C1. The molecule has 5 heteroatoms. The van der Waals surface area contributed by atoms with Crippen molar-refractivity contribution in [2.75, 3.05) is 26.7 Å². The van der Waals surface area contributed by atoms with Gasteiger partial charge in [0, 0.05) is 37.6 Å². The molecule has 5 nitrogen and oxygen atoms in total. The number of nitrogens with zero attached hydrogens (tertiary/aromatic N) is 1. The second kappa shape index (κ2) is 5.38. The zero-order chi connectivity index (χ0) is 14.1. The molecule has 2 rings (SSSR count). The van der Waals surface area contributed by atoms with Crippen LogP contribution in [0.3, 0.4) is 0 Å². The van der Waals surface area contributed by atoms with Crippen molar-refractivity contribution in [2.45, 2.75) is 56.7 Å². The van der Waals surface area contributed by atoms with E-state index in [4.69, 9.17) is 0 Å². The summed E-state index contributed by atoms with van der Waals surface area (Å²) in [5, 5.41) is 16.6. The van der Waals surface area contributed by atoms with E-state index in [0.29, 0.717) is 19.0 Å². The van der Waals surface area contributed by atoms with Gasteiger partial charge in [-0.2, -0.15) is 0 Å². The maximum Gasteiger partial charge on any atom is 0.224 e. The van der Waals surface area contributed by atoms with Gasteiger partial charge in [-0.1, -0.05) is 0 Å². The fourth-order valence-electron chi connectivity index (χ4n) is 2.58. The van der Waals surface area contributed by atoms with Gasteiger partial charge < -0.3 is 20.6 Å². The Balaban J connectivity index is 1.72. The van der Waals surface area contributed by atoms with Crippen LogP contribution in [-0.4, -0.2) is 59.8 Å². The van der Waals surface area contributed by atoms with Gasteiger partial charge in [0.15, 0.2) is 0 Å². The summed E-state index contributed by atoms with van der Waals surface area (Å²) in [4.78, 5) is 14.0. The molecule has 0 spiro atoms. The summed E-state index contributed by atoms with van der Waals surface area (Å²) in [5.74, 6) is 0.199. The highest BCUT2D eigenvalue weighted by atomic mass is 16.3. The smallest absolute Gasteiger partial charge is 0.224 e. The number of carbonyl (C=O) groups excluding carboxylic acids is 1. The molecule has 0 atom stereocenters. The molecule has 0 aromatic carbocycles. The Morgan fingerprint density at radius 3 is 2.53 bits per heavy atom. The van der Waals surface area contributed by atoms with Crippen LogP contribution in [0.2, 0.25) is 0 Å². The number of carbonyl (C=O) groups is 1. The maximum atomic E-state index is 12.1. The molecule has 0 aromatic heterocycles. The quantitative estimate of drug-likeness (QED) is 0.639. The van der Waals surface area contributed by atoms with Crippen molar-refractivity contribution in [2.24, 2.45) is 0 Å². The molecule has 1 aliphatic heterocycles. The van der Waals surface area contributed by atoms with Crippen LogP contribution < -0.4 is 10.6 Å². The zero-order valence-corrected chi connectivity index (χ0v) is 12.3. The van der Waals surface area contributed by atoms with Gasteiger partial charge >= 0.3 is 0 Å². The van der Waals surface area contributed by atoms with E-state index < -0.39 is 5.60 Å². The lowest BCUT2D eigenvalue weighted by Gasteiger charge is -2.42. The Bertz CT molecular complexity index is 334. The molecule has 1 saturated carbocycles. The van der Waals surface area contributed by atoms with Crippen LogP contribution in [0, 0.1) is 0 Å². The topological polar surface area (TPSA) is 64.6 Å². The van der Waals surface area contributed by atoms with Crippen LogP contribution >= 0.6 is 0 Å². The molecule has 19 heavy (non-hydrogen) atoms. The predicted octanol–water partition coefficient (Wildman–Crippen LogP) is 0.0899. The molecule has 3 N–H and O–H groups in total. The van der Waals surface area contributed by atoms with Crippen molar-refractivity contribution in [3.05, 3.63) is 0 Å². The normalized spacial score (nSPS) is 22.8. The van der Waals surface area contributed by atoms with E-state index in [2.05, 4.69) is 10.6 Å². The minimum atomic E-state index is -0.533. The van der Waals surface area contributed by atoms with Crippen molar-refractivity contribution >= 4 is 5.91 Å². The molecular formula is C14H27N3O2. The largest absolute Gasteiger partial charge is 0.389 e. The molecule has 0 unspecified atom stereocenters. The van der Waals surface area contributed by atoms with Gasteiger partial charge in [-0.25, -0.2) is 0 Å². The standard InChI is InChI=1S/C14H27N3O2/c1-13(2,16-10-14(19)5-4-6-14)7-12(18)17-8-11(9-17)15-3/h11,15-16,19H,4-10H2,1-3H3. The summed E-state index contributed by atoms with van der Waals surface area (Å²) >= 11 is 0. The third-order valence-corrected chi connectivity index (χ3v) is 4.42. The van der Waals surface area contributed by atoms with Gasteiger partial charge in [-0.3, -0.25) is 4.79 Å². The molecule has 2 aliphatic rings. The number of likely N-dealkylation sites (tertiary alicyclic amines) is 1. The van der Waals surface area contributed by atoms with Crippen molar-refractivity contribution < 1.29 is 9.90 Å². The van der Waals surface area contributed by atoms with Crippen LogP contribution in [0.15, 0.2) is 0 Å². The highest BCUT2D eigenvalue weighted by Gasteiger charge is 2.37. The van der Waals surface area contributed by atoms with Crippen LogP contribution in [0.4, 0.5) is 0 Å². The van der Waals surface area contributed by atoms with Gasteiger partial charge in [0.25, 0.3) is 0 Å². The third kappa shape index (κ3) is 3.68. The van der Waals surface area contributed by atoms with E-state index in [1.807, 2.05) is 25.8 Å². The number of amides is 1. The van der Waals surface area contributed by atoms with E-state index in [-0.39, 0.29) is 11.4 Å². The first-order chi connectivity index (χ1) is 8.84. The van der Waals surface area contributed by atoms with Gasteiger partial charge in [-0.05, 0) is 40.2 Å². The summed E-state index contributed by atoms with van der Waals surface area (Å²) < 4.78 is 0. The van der Waals surface area contributed by atoms with Gasteiger partial charge in [0.2, 0.25) is 5.91 Å². The first-order valence-electron chi connectivity index (χ1n) is 7.26. The van der Waals surface area contributed by atoms with E-state index >= 15 is 0 Å². The highest BCUT2D eigenvalue weighted by molar-refractivity contribution is 5.78. The second-order valence-electron chi connectivity index (χ2n) is 6.78. The molecule has 0 bridgehead atoms. The fraction of sp³-hybridized carbons (Fsp3) is 0.929. The Kier molecular flexibility index (Phi) is 4.18. The Morgan fingerprint density at radius 1 is 1.42 bits per heavy atom. The number of β-amino-alcohol motifs (C(OH)–C–C–N with tert-alkyl or cyclic N) is 1. The minimum Gasteiger partial charge on any atom is -0.389 e. The monoisotopic (exact) mass is 269 g/mol. The summed E-state index contributed by atoms with van der Waals surface area (Å²) in [7, 11) is 1.93. The number of aliphatic hydroxyl groups is 1. The average Bonchev–Trinajstić information content (AvgIpc) is 2.21. The van der Waals surface area contributed by atoms with E-state index in [0.717, 1.165) is 32.4 Å². The molecule has 1 aliphatic carbocycles. The van der Waals surface area contributed by atoms with Crippen molar-refractivity contribution in [3.8, 4) is 0 Å². The molecular weight excluding hydrogens is 242 g/mol. The molecule has 0 aromatic rings. The molecule has 110 valence electrons. The fourth-order valence-corrected chi connectivity index (χ4v) is 2.58. The summed E-state index contributed by atoms with van der Waals surface area (Å²) in [6.07, 6.45) is 3.34. The molecule has 1 saturated heterocycles. The molecule has 1 amide bonds. The van der Waals surface area contributed by atoms with E-state index in [1.165, 1.54) is 0 Å². The average molecular weight is 269 g/mol. The first-order valence-corrected chi connectivity index (χ1v) is 7.26. The molecule has 2 fully saturated rings. The van der Waals surface area contributed by atoms with Gasteiger partial charge in [0.05, 0.1) is 5.60 Å². The van der Waals surface area contributed by atoms with Gasteiger partial charge in [-0.15, -0.1) is 0 Å². The molecule has 1 heterocycles. The van der Waals surface area contributed by atoms with Crippen molar-refractivity contribution in [1.82, 2.24) is 15.5 Å². The lowest BCUT2D eigenvalue weighted by Crippen LogP contribution is -2.60. The minimum absolute atomic E-state index is 0.199. The Hall–Kier alpha value is -0.650. The maximum absolute atomic E-state index is 12.1. The lowest BCUT2D eigenvalue weighted by molar-refractivity contribution is -0.137. The van der Waals surface area contributed by atoms with Crippen LogP contribution in [0.1, 0.15) is 39.5 Å². The highest BCUT2D eigenvalue weighted by Crippen LogP contribution is 2.31. The first kappa shape index (κ1) is 14.8. The third-order valence-electron chi connectivity index (χ3n) is 4.42. The number of likely N-dealkylation sites (N-methyl/N-ethyl adjacent to an activating group) is 1. The number of hydrogen-bond acceptors (Lipinski definition) is 4. The van der Waals surface area contributed by atoms with Crippen LogP contribution in [0.25, 0.3) is 0 Å². The van der Waals surface area contributed by atoms with E-state index in [1.54, 1.807) is 0 Å². The van der Waals surface area contributed by atoms with Crippen molar-refractivity contribution in [1.29, 1.82) is 0 Å². The van der Waals surface area contributed by atoms with Gasteiger partial charge in [0.1, 0.15) is 0 Å². The van der Waals surface area contributed by atoms with E-state index in [9.17, 15) is 9.90 Å². The van der Waals surface area contributed by atoms with Crippen LogP contribution in [0.5, 0.6) is 0 Å².